The first-order valence-electron chi connectivity index (χ1n) is 5.27. The van der Waals surface area contributed by atoms with Gasteiger partial charge < -0.3 is 5.11 Å². The van der Waals surface area contributed by atoms with Crippen LogP contribution in [-0.2, 0) is 0 Å². The largest absolute Gasteiger partial charge is 0.423 e. The second kappa shape index (κ2) is 3.76. The number of aliphatic hydroxyl groups is 1. The van der Waals surface area contributed by atoms with Crippen molar-refractivity contribution >= 4 is 0 Å². The molecule has 0 radical (unpaired) electrons. The van der Waals surface area contributed by atoms with E-state index in [-0.39, 0.29) is 0 Å². The van der Waals surface area contributed by atoms with Gasteiger partial charge in [-0.3, -0.25) is 0 Å². The monoisotopic (exact) mass is 264 g/mol. The minimum atomic E-state index is -5.56. The van der Waals surface area contributed by atoms with Crippen LogP contribution in [0.25, 0.3) is 0 Å². The molecule has 7 heteroatoms. The average molecular weight is 264 g/mol. The molecule has 1 saturated carbocycles. The zero-order valence-corrected chi connectivity index (χ0v) is 9.41. The summed E-state index contributed by atoms with van der Waals surface area (Å²) in [5.41, 5.74) is -7.61. The van der Waals surface area contributed by atoms with Crippen LogP contribution in [0.3, 0.4) is 0 Å². The Labute approximate surface area is 94.8 Å². The highest BCUT2D eigenvalue weighted by Gasteiger charge is 2.78. The second-order valence-corrected chi connectivity index (χ2v) is 4.76. The summed E-state index contributed by atoms with van der Waals surface area (Å²) in [4.78, 5) is 0. The van der Waals surface area contributed by atoms with E-state index in [1.807, 2.05) is 0 Å². The Bertz CT molecular complexity index is 302. The summed E-state index contributed by atoms with van der Waals surface area (Å²) in [7, 11) is 0. The van der Waals surface area contributed by atoms with Crippen LogP contribution in [0.5, 0.6) is 0 Å². The van der Waals surface area contributed by atoms with Gasteiger partial charge in [-0.25, -0.2) is 4.39 Å². The maximum Gasteiger partial charge on any atom is 0.423 e. The highest BCUT2D eigenvalue weighted by atomic mass is 19.4. The average Bonchev–Trinajstić information content (AvgIpc) is 2.13. The molecule has 0 saturated heterocycles. The van der Waals surface area contributed by atoms with E-state index in [1.165, 1.54) is 6.92 Å². The number of rotatable bonds is 1. The Morgan fingerprint density at radius 1 is 1.18 bits per heavy atom. The predicted octanol–water partition coefficient (Wildman–Crippen LogP) is 3.46. The van der Waals surface area contributed by atoms with Crippen molar-refractivity contribution in [1.82, 2.24) is 0 Å². The zero-order valence-electron chi connectivity index (χ0n) is 9.41. The standard InChI is InChI=1S/C10H14F6O/c1-3-7(11)4-6(2)5-8(17,9(7,12)13)10(14,15)16/h6,17H,3-5H2,1-2H3. The molecular weight excluding hydrogens is 250 g/mol. The van der Waals surface area contributed by atoms with Gasteiger partial charge in [-0.05, 0) is 25.2 Å². The molecule has 0 heterocycles. The fourth-order valence-electron chi connectivity index (χ4n) is 2.42. The van der Waals surface area contributed by atoms with Crippen LogP contribution >= 0.6 is 0 Å². The molecule has 0 aromatic heterocycles. The Balaban J connectivity index is 3.31. The highest BCUT2D eigenvalue weighted by molar-refractivity contribution is 5.13. The Kier molecular flexibility index (Phi) is 3.23. The molecular formula is C10H14F6O. The smallest absolute Gasteiger partial charge is 0.376 e. The van der Waals surface area contributed by atoms with Crippen LogP contribution in [0.4, 0.5) is 26.3 Å². The second-order valence-electron chi connectivity index (χ2n) is 4.76. The van der Waals surface area contributed by atoms with Crippen LogP contribution in [0.2, 0.25) is 0 Å². The maximum absolute atomic E-state index is 13.9. The summed E-state index contributed by atoms with van der Waals surface area (Å²) >= 11 is 0. The first kappa shape index (κ1) is 14.6. The fraction of sp³-hybridized carbons (Fsp3) is 1.00. The minimum Gasteiger partial charge on any atom is -0.376 e. The summed E-state index contributed by atoms with van der Waals surface area (Å²) in [5.74, 6) is -5.80. The summed E-state index contributed by atoms with van der Waals surface area (Å²) in [6.45, 7) is 2.26. The molecule has 0 bridgehead atoms. The Hall–Kier alpha value is -0.460. The first-order chi connectivity index (χ1) is 7.41. The molecule has 1 aliphatic carbocycles. The zero-order chi connectivity index (χ0) is 13.7. The van der Waals surface area contributed by atoms with E-state index in [0.717, 1.165) is 6.92 Å². The third-order valence-corrected chi connectivity index (χ3v) is 3.43. The summed E-state index contributed by atoms with van der Waals surface area (Å²) < 4.78 is 78.9. The van der Waals surface area contributed by atoms with Gasteiger partial charge >= 0.3 is 12.1 Å². The van der Waals surface area contributed by atoms with Gasteiger partial charge in [0, 0.05) is 0 Å². The topological polar surface area (TPSA) is 20.2 Å². The summed E-state index contributed by atoms with van der Waals surface area (Å²) in [5, 5.41) is 9.26. The maximum atomic E-state index is 13.9. The van der Waals surface area contributed by atoms with E-state index in [1.54, 1.807) is 0 Å². The number of halogens is 6. The summed E-state index contributed by atoms with van der Waals surface area (Å²) in [6.07, 6.45) is -8.20. The Morgan fingerprint density at radius 3 is 2.00 bits per heavy atom. The van der Waals surface area contributed by atoms with E-state index in [4.69, 9.17) is 0 Å². The van der Waals surface area contributed by atoms with Gasteiger partial charge in [-0.1, -0.05) is 13.8 Å². The van der Waals surface area contributed by atoms with E-state index in [2.05, 4.69) is 0 Å². The van der Waals surface area contributed by atoms with Gasteiger partial charge in [0.15, 0.2) is 5.67 Å². The van der Waals surface area contributed by atoms with Gasteiger partial charge in [0.2, 0.25) is 5.60 Å². The van der Waals surface area contributed by atoms with Crippen LogP contribution in [-0.4, -0.2) is 28.5 Å². The van der Waals surface area contributed by atoms with Crippen molar-refractivity contribution in [2.24, 2.45) is 5.92 Å². The molecule has 1 aliphatic rings. The Morgan fingerprint density at radius 2 is 1.65 bits per heavy atom. The van der Waals surface area contributed by atoms with Gasteiger partial charge in [0.1, 0.15) is 0 Å². The van der Waals surface area contributed by atoms with Crippen LogP contribution in [0.1, 0.15) is 33.1 Å². The molecule has 1 rings (SSSR count). The summed E-state index contributed by atoms with van der Waals surface area (Å²) in [6, 6.07) is 0. The minimum absolute atomic E-state index is 0.686. The lowest BCUT2D eigenvalue weighted by atomic mass is 9.67. The van der Waals surface area contributed by atoms with Crippen LogP contribution in [0, 0.1) is 5.92 Å². The predicted molar refractivity (Wildman–Crippen MR) is 48.5 cm³/mol. The molecule has 1 nitrogen and oxygen atoms in total. The van der Waals surface area contributed by atoms with Crippen LogP contribution < -0.4 is 0 Å². The molecule has 102 valence electrons. The van der Waals surface area contributed by atoms with E-state index in [0.29, 0.717) is 0 Å². The lowest BCUT2D eigenvalue weighted by Gasteiger charge is -2.49. The van der Waals surface area contributed by atoms with Gasteiger partial charge in [-0.2, -0.15) is 22.0 Å². The number of alkyl halides is 6. The third kappa shape index (κ3) is 1.82. The van der Waals surface area contributed by atoms with Crippen molar-refractivity contribution in [2.45, 2.75) is 56.5 Å². The van der Waals surface area contributed by atoms with Crippen molar-refractivity contribution in [2.75, 3.05) is 0 Å². The molecule has 3 atom stereocenters. The fourth-order valence-corrected chi connectivity index (χ4v) is 2.42. The number of hydrogen-bond acceptors (Lipinski definition) is 1. The van der Waals surface area contributed by atoms with Gasteiger partial charge in [-0.15, -0.1) is 0 Å². The number of hydrogen-bond donors (Lipinski definition) is 1. The SMILES string of the molecule is CCC1(F)CC(C)CC(O)(C(F)(F)F)C1(F)F. The molecule has 0 spiro atoms. The molecule has 0 aromatic rings. The molecule has 0 aliphatic heterocycles. The van der Waals surface area contributed by atoms with Crippen LogP contribution in [0.15, 0.2) is 0 Å². The molecule has 17 heavy (non-hydrogen) atoms. The van der Waals surface area contributed by atoms with Crippen molar-refractivity contribution in [3.63, 3.8) is 0 Å². The molecule has 0 amide bonds. The normalized spacial score (nSPS) is 42.5. The van der Waals surface area contributed by atoms with E-state index in [9.17, 15) is 31.4 Å². The quantitative estimate of drug-likeness (QED) is 0.719. The van der Waals surface area contributed by atoms with E-state index < -0.39 is 48.5 Å². The molecule has 1 N–H and O–H groups in total. The van der Waals surface area contributed by atoms with Gasteiger partial charge in [0.05, 0.1) is 0 Å². The van der Waals surface area contributed by atoms with Crippen molar-refractivity contribution in [3.05, 3.63) is 0 Å². The van der Waals surface area contributed by atoms with E-state index >= 15 is 0 Å². The first-order valence-corrected chi connectivity index (χ1v) is 5.27. The van der Waals surface area contributed by atoms with Crippen molar-refractivity contribution in [3.8, 4) is 0 Å². The molecule has 0 aromatic carbocycles. The lowest BCUT2D eigenvalue weighted by molar-refractivity contribution is -0.377. The molecule has 1 fully saturated rings. The van der Waals surface area contributed by atoms with Crippen molar-refractivity contribution in [1.29, 1.82) is 0 Å². The third-order valence-electron chi connectivity index (χ3n) is 3.43. The lowest BCUT2D eigenvalue weighted by Crippen LogP contribution is -2.70. The van der Waals surface area contributed by atoms with Gasteiger partial charge in [0.25, 0.3) is 0 Å². The highest BCUT2D eigenvalue weighted by Crippen LogP contribution is 2.58. The molecule has 3 unspecified atom stereocenters. The van der Waals surface area contributed by atoms with Crippen molar-refractivity contribution < 1.29 is 31.4 Å².